The minimum absolute atomic E-state index is 0.0599. The lowest BCUT2D eigenvalue weighted by Crippen LogP contribution is -2.59. The molecule has 6 nitrogen and oxygen atoms in total. The van der Waals surface area contributed by atoms with E-state index in [-0.39, 0.29) is 11.8 Å². The van der Waals surface area contributed by atoms with Gasteiger partial charge in [-0.25, -0.2) is 0 Å². The number of thiophene rings is 1. The number of piperazine rings is 1. The SMILES string of the molecule is COc1cc(C)sc1C(=O)N1CCNC[C@@H]1C(=O)NC1CC1. The van der Waals surface area contributed by atoms with Gasteiger partial charge in [0.05, 0.1) is 7.11 Å². The number of hydrogen-bond acceptors (Lipinski definition) is 5. The minimum atomic E-state index is -0.450. The Labute approximate surface area is 133 Å². The van der Waals surface area contributed by atoms with Crippen molar-refractivity contribution in [3.8, 4) is 5.75 Å². The number of nitrogens with zero attached hydrogens (tertiary/aromatic N) is 1. The van der Waals surface area contributed by atoms with Gasteiger partial charge in [0.1, 0.15) is 16.7 Å². The van der Waals surface area contributed by atoms with E-state index in [2.05, 4.69) is 10.6 Å². The summed E-state index contributed by atoms with van der Waals surface area (Å²) in [5.41, 5.74) is 0. The molecule has 2 amide bonds. The van der Waals surface area contributed by atoms with Gasteiger partial charge in [-0.05, 0) is 25.8 Å². The number of carbonyl (C=O) groups excluding carboxylic acids is 2. The summed E-state index contributed by atoms with van der Waals surface area (Å²) in [5, 5.41) is 6.19. The zero-order valence-electron chi connectivity index (χ0n) is 12.8. The minimum Gasteiger partial charge on any atom is -0.495 e. The van der Waals surface area contributed by atoms with Crippen molar-refractivity contribution in [1.29, 1.82) is 0 Å². The number of carbonyl (C=O) groups is 2. The second-order valence-electron chi connectivity index (χ2n) is 5.76. The molecule has 0 unspecified atom stereocenters. The van der Waals surface area contributed by atoms with Crippen molar-refractivity contribution < 1.29 is 14.3 Å². The molecule has 1 aliphatic heterocycles. The maximum atomic E-state index is 12.9. The molecule has 7 heteroatoms. The average molecular weight is 323 g/mol. The highest BCUT2D eigenvalue weighted by Gasteiger charge is 2.36. The number of aryl methyl sites for hydroxylation is 1. The third-order valence-electron chi connectivity index (χ3n) is 3.97. The van der Waals surface area contributed by atoms with Crippen LogP contribution < -0.4 is 15.4 Å². The van der Waals surface area contributed by atoms with E-state index in [0.29, 0.717) is 36.3 Å². The lowest BCUT2D eigenvalue weighted by molar-refractivity contribution is -0.126. The maximum Gasteiger partial charge on any atom is 0.268 e. The Hall–Kier alpha value is -1.60. The van der Waals surface area contributed by atoms with Gasteiger partial charge in [-0.2, -0.15) is 0 Å². The molecule has 3 rings (SSSR count). The second-order valence-corrected chi connectivity index (χ2v) is 7.01. The van der Waals surface area contributed by atoms with E-state index in [4.69, 9.17) is 4.74 Å². The average Bonchev–Trinajstić information content (AvgIpc) is 3.26. The third-order valence-corrected chi connectivity index (χ3v) is 4.99. The maximum absolute atomic E-state index is 12.9. The molecule has 1 atom stereocenters. The van der Waals surface area contributed by atoms with Crippen molar-refractivity contribution >= 4 is 23.2 Å². The quantitative estimate of drug-likeness (QED) is 0.858. The fraction of sp³-hybridized carbons (Fsp3) is 0.600. The van der Waals surface area contributed by atoms with Crippen LogP contribution in [0.4, 0.5) is 0 Å². The highest BCUT2D eigenvalue weighted by Crippen LogP contribution is 2.30. The van der Waals surface area contributed by atoms with Gasteiger partial charge in [-0.15, -0.1) is 11.3 Å². The van der Waals surface area contributed by atoms with Crippen LogP contribution >= 0.6 is 11.3 Å². The van der Waals surface area contributed by atoms with Crippen LogP contribution in [0.15, 0.2) is 6.07 Å². The first-order valence-corrected chi connectivity index (χ1v) is 8.38. The molecule has 1 aromatic heterocycles. The molecule has 1 aromatic rings. The molecule has 0 bridgehead atoms. The predicted octanol–water partition coefficient (Wildman–Crippen LogP) is 0.758. The fourth-order valence-corrected chi connectivity index (χ4v) is 3.56. The molecule has 2 fully saturated rings. The van der Waals surface area contributed by atoms with Crippen LogP contribution in [0.5, 0.6) is 5.75 Å². The second kappa shape index (κ2) is 6.26. The van der Waals surface area contributed by atoms with E-state index < -0.39 is 6.04 Å². The highest BCUT2D eigenvalue weighted by molar-refractivity contribution is 7.14. The van der Waals surface area contributed by atoms with Crippen molar-refractivity contribution in [2.45, 2.75) is 31.8 Å². The highest BCUT2D eigenvalue weighted by atomic mass is 32.1. The van der Waals surface area contributed by atoms with Crippen LogP contribution in [0.25, 0.3) is 0 Å². The molecule has 2 N–H and O–H groups in total. The van der Waals surface area contributed by atoms with Crippen molar-refractivity contribution in [3.05, 3.63) is 15.8 Å². The Kier molecular flexibility index (Phi) is 4.35. The normalized spacial score (nSPS) is 21.5. The van der Waals surface area contributed by atoms with E-state index in [9.17, 15) is 9.59 Å². The molecule has 0 radical (unpaired) electrons. The van der Waals surface area contributed by atoms with Crippen LogP contribution in [0.3, 0.4) is 0 Å². The summed E-state index contributed by atoms with van der Waals surface area (Å²) in [6.07, 6.45) is 2.08. The first-order valence-electron chi connectivity index (χ1n) is 7.56. The number of amides is 2. The molecule has 22 heavy (non-hydrogen) atoms. The molecule has 0 spiro atoms. The van der Waals surface area contributed by atoms with Gasteiger partial charge >= 0.3 is 0 Å². The standard InChI is InChI=1S/C15H21N3O3S/c1-9-7-12(21-2)13(22-9)15(20)18-6-5-16-8-11(18)14(19)17-10-3-4-10/h7,10-11,16H,3-6,8H2,1-2H3,(H,17,19)/t11-/m1/s1. The van der Waals surface area contributed by atoms with Crippen molar-refractivity contribution in [1.82, 2.24) is 15.5 Å². The van der Waals surface area contributed by atoms with Gasteiger partial charge in [-0.1, -0.05) is 0 Å². The van der Waals surface area contributed by atoms with E-state index in [1.807, 2.05) is 13.0 Å². The van der Waals surface area contributed by atoms with Crippen LogP contribution in [0.2, 0.25) is 0 Å². The van der Waals surface area contributed by atoms with Gasteiger partial charge in [-0.3, -0.25) is 9.59 Å². The van der Waals surface area contributed by atoms with Gasteiger partial charge in [0.15, 0.2) is 0 Å². The summed E-state index contributed by atoms with van der Waals surface area (Å²) >= 11 is 1.41. The molecular weight excluding hydrogens is 302 g/mol. The van der Waals surface area contributed by atoms with Gasteiger partial charge < -0.3 is 20.3 Å². The van der Waals surface area contributed by atoms with Crippen LogP contribution in [0, 0.1) is 6.92 Å². The summed E-state index contributed by atoms with van der Waals surface area (Å²) in [6.45, 7) is 3.67. The number of methoxy groups -OCH3 is 1. The third kappa shape index (κ3) is 3.10. The number of ether oxygens (including phenoxy) is 1. The van der Waals surface area contributed by atoms with Gasteiger partial charge in [0.25, 0.3) is 5.91 Å². The van der Waals surface area contributed by atoms with Crippen molar-refractivity contribution in [2.75, 3.05) is 26.7 Å². The molecule has 2 heterocycles. The Morgan fingerprint density at radius 2 is 2.23 bits per heavy atom. The van der Waals surface area contributed by atoms with E-state index >= 15 is 0 Å². The lowest BCUT2D eigenvalue weighted by Gasteiger charge is -2.35. The zero-order valence-corrected chi connectivity index (χ0v) is 13.7. The summed E-state index contributed by atoms with van der Waals surface area (Å²) in [6, 6.07) is 1.71. The Morgan fingerprint density at radius 3 is 2.91 bits per heavy atom. The largest absolute Gasteiger partial charge is 0.495 e. The molecular formula is C15H21N3O3S. The van der Waals surface area contributed by atoms with Crippen molar-refractivity contribution in [3.63, 3.8) is 0 Å². The van der Waals surface area contributed by atoms with Crippen molar-refractivity contribution in [2.24, 2.45) is 0 Å². The Balaban J connectivity index is 1.79. The van der Waals surface area contributed by atoms with Crippen LogP contribution in [0.1, 0.15) is 27.4 Å². The Bertz CT molecular complexity index is 583. The number of hydrogen-bond donors (Lipinski definition) is 2. The van der Waals surface area contributed by atoms with Gasteiger partial charge in [0, 0.05) is 30.6 Å². The number of rotatable bonds is 4. The van der Waals surface area contributed by atoms with Crippen LogP contribution in [-0.2, 0) is 4.79 Å². The molecule has 120 valence electrons. The van der Waals surface area contributed by atoms with Gasteiger partial charge in [0.2, 0.25) is 5.91 Å². The molecule has 0 aromatic carbocycles. The summed E-state index contributed by atoms with van der Waals surface area (Å²) in [4.78, 5) is 28.5. The molecule has 2 aliphatic rings. The first kappa shape index (κ1) is 15.3. The van der Waals surface area contributed by atoms with Crippen LogP contribution in [-0.4, -0.2) is 55.5 Å². The zero-order chi connectivity index (χ0) is 15.7. The smallest absolute Gasteiger partial charge is 0.268 e. The summed E-state index contributed by atoms with van der Waals surface area (Å²) < 4.78 is 5.30. The molecule has 1 saturated carbocycles. The summed E-state index contributed by atoms with van der Waals surface area (Å²) in [5.74, 6) is 0.412. The van der Waals surface area contributed by atoms with E-state index in [1.165, 1.54) is 11.3 Å². The lowest BCUT2D eigenvalue weighted by atomic mass is 10.1. The monoisotopic (exact) mass is 323 g/mol. The topological polar surface area (TPSA) is 70.7 Å². The molecule has 1 aliphatic carbocycles. The summed E-state index contributed by atoms with van der Waals surface area (Å²) in [7, 11) is 1.56. The fourth-order valence-electron chi connectivity index (χ4n) is 2.63. The van der Waals surface area contributed by atoms with E-state index in [1.54, 1.807) is 12.0 Å². The Morgan fingerprint density at radius 1 is 1.45 bits per heavy atom. The number of nitrogens with one attached hydrogen (secondary N) is 2. The molecule has 1 saturated heterocycles. The first-order chi connectivity index (χ1) is 10.6. The predicted molar refractivity (Wildman–Crippen MR) is 84.5 cm³/mol. The van der Waals surface area contributed by atoms with E-state index in [0.717, 1.165) is 17.7 Å².